The van der Waals surface area contributed by atoms with E-state index in [1.54, 1.807) is 60.7 Å². The van der Waals surface area contributed by atoms with Crippen molar-refractivity contribution in [3.8, 4) is 0 Å². The number of nitrogens with one attached hydrogen (secondary N) is 1. The number of nitrogens with zero attached hydrogens (tertiary/aromatic N) is 1. The predicted octanol–water partition coefficient (Wildman–Crippen LogP) is 3.08. The number of hydrogen-bond acceptors (Lipinski definition) is 7. The van der Waals surface area contributed by atoms with Crippen molar-refractivity contribution in [2.24, 2.45) is 0 Å². The second kappa shape index (κ2) is 12.6. The number of amides is 2. The van der Waals surface area contributed by atoms with Crippen LogP contribution in [0.2, 0.25) is 0 Å². The predicted molar refractivity (Wildman–Crippen MR) is 135 cm³/mol. The fraction of sp³-hybridized carbons (Fsp3) is 0.320. The van der Waals surface area contributed by atoms with Crippen LogP contribution in [0.25, 0.3) is 0 Å². The summed E-state index contributed by atoms with van der Waals surface area (Å²) in [6.45, 7) is 1.79. The van der Waals surface area contributed by atoms with E-state index in [0.717, 1.165) is 23.5 Å². The van der Waals surface area contributed by atoms with Crippen molar-refractivity contribution in [1.29, 1.82) is 0 Å². The number of carboxylic acid groups (broad SMARTS) is 1. The summed E-state index contributed by atoms with van der Waals surface area (Å²) in [7, 11) is 0. The Morgan fingerprint density at radius 2 is 1.54 bits per heavy atom. The molecule has 10 heteroatoms. The molecule has 0 spiro atoms. The zero-order valence-electron chi connectivity index (χ0n) is 19.1. The van der Waals surface area contributed by atoms with E-state index >= 15 is 0 Å². The molecular formula is C25H26N2O6S2. The van der Waals surface area contributed by atoms with E-state index in [-0.39, 0.29) is 16.0 Å². The first-order valence-corrected chi connectivity index (χ1v) is 13.0. The van der Waals surface area contributed by atoms with Crippen molar-refractivity contribution >= 4 is 51.5 Å². The van der Waals surface area contributed by atoms with Gasteiger partial charge in [0, 0.05) is 23.4 Å². The minimum absolute atomic E-state index is 0.0190. The number of likely N-dealkylation sites (tertiary alicyclic amines) is 1. The monoisotopic (exact) mass is 514 g/mol. The third kappa shape index (κ3) is 7.19. The maximum absolute atomic E-state index is 13.1. The molecule has 35 heavy (non-hydrogen) atoms. The van der Waals surface area contributed by atoms with Crippen LogP contribution in [0.3, 0.4) is 0 Å². The molecule has 0 saturated carbocycles. The summed E-state index contributed by atoms with van der Waals surface area (Å²) < 4.78 is 0. The molecular weight excluding hydrogens is 488 g/mol. The van der Waals surface area contributed by atoms with Crippen LogP contribution in [0.15, 0.2) is 60.7 Å². The highest BCUT2D eigenvalue weighted by Gasteiger charge is 2.37. The zero-order valence-corrected chi connectivity index (χ0v) is 20.7. The van der Waals surface area contributed by atoms with Gasteiger partial charge in [-0.1, -0.05) is 84.2 Å². The summed E-state index contributed by atoms with van der Waals surface area (Å²) in [5.41, 5.74) is 0.897. The van der Waals surface area contributed by atoms with Crippen molar-refractivity contribution in [3.05, 3.63) is 71.8 Å². The SMILES string of the molecule is C[C@H](NC(=O)[C@H](CSC(=O)c1ccccc1)SC(=O)c1ccccc1)C(=O)N1CCC[C@H]1C(=O)O. The van der Waals surface area contributed by atoms with Gasteiger partial charge in [-0.2, -0.15) is 0 Å². The molecule has 3 rings (SSSR count). The highest BCUT2D eigenvalue weighted by atomic mass is 32.2. The van der Waals surface area contributed by atoms with Gasteiger partial charge in [0.05, 0.1) is 0 Å². The van der Waals surface area contributed by atoms with E-state index in [9.17, 15) is 29.1 Å². The molecule has 0 bridgehead atoms. The molecule has 0 aliphatic carbocycles. The van der Waals surface area contributed by atoms with Gasteiger partial charge in [0.1, 0.15) is 17.3 Å². The Bertz CT molecular complexity index is 1080. The topological polar surface area (TPSA) is 121 Å². The highest BCUT2D eigenvalue weighted by Crippen LogP contribution is 2.24. The van der Waals surface area contributed by atoms with Crippen LogP contribution < -0.4 is 5.32 Å². The van der Waals surface area contributed by atoms with Crippen LogP contribution in [0, 0.1) is 0 Å². The summed E-state index contributed by atoms with van der Waals surface area (Å²) in [6.07, 6.45) is 0.940. The normalized spacial score (nSPS) is 16.8. The second-order valence-electron chi connectivity index (χ2n) is 7.98. The van der Waals surface area contributed by atoms with Crippen molar-refractivity contribution in [2.75, 3.05) is 12.3 Å². The van der Waals surface area contributed by atoms with E-state index in [2.05, 4.69) is 5.32 Å². The number of aliphatic carboxylic acids is 1. The fourth-order valence-corrected chi connectivity index (χ4v) is 5.59. The molecule has 2 N–H and O–H groups in total. The van der Waals surface area contributed by atoms with Crippen LogP contribution in [0.4, 0.5) is 0 Å². The minimum atomic E-state index is -1.08. The van der Waals surface area contributed by atoms with Crippen LogP contribution in [0.1, 0.15) is 40.5 Å². The van der Waals surface area contributed by atoms with Crippen molar-refractivity contribution < 1.29 is 29.1 Å². The van der Waals surface area contributed by atoms with Gasteiger partial charge in [-0.25, -0.2) is 4.79 Å². The van der Waals surface area contributed by atoms with E-state index in [4.69, 9.17) is 0 Å². The summed E-state index contributed by atoms with van der Waals surface area (Å²) in [6, 6.07) is 15.2. The highest BCUT2D eigenvalue weighted by molar-refractivity contribution is 8.18. The molecule has 2 aromatic carbocycles. The molecule has 0 radical (unpaired) electrons. The van der Waals surface area contributed by atoms with Gasteiger partial charge in [-0.05, 0) is 19.8 Å². The maximum Gasteiger partial charge on any atom is 0.326 e. The fourth-order valence-electron chi connectivity index (χ4n) is 3.65. The summed E-state index contributed by atoms with van der Waals surface area (Å²) >= 11 is 1.71. The van der Waals surface area contributed by atoms with Crippen molar-refractivity contribution in [1.82, 2.24) is 10.2 Å². The molecule has 1 fully saturated rings. The van der Waals surface area contributed by atoms with Crippen LogP contribution in [0.5, 0.6) is 0 Å². The van der Waals surface area contributed by atoms with Gasteiger partial charge in [-0.3, -0.25) is 19.2 Å². The van der Waals surface area contributed by atoms with Gasteiger partial charge in [0.15, 0.2) is 0 Å². The molecule has 1 aliphatic heterocycles. The number of rotatable bonds is 9. The van der Waals surface area contributed by atoms with Crippen LogP contribution >= 0.6 is 23.5 Å². The van der Waals surface area contributed by atoms with Crippen LogP contribution in [-0.2, 0) is 14.4 Å². The lowest BCUT2D eigenvalue weighted by Crippen LogP contribution is -2.52. The third-order valence-corrected chi connectivity index (χ3v) is 7.80. The number of hydrogen-bond donors (Lipinski definition) is 2. The maximum atomic E-state index is 13.1. The van der Waals surface area contributed by atoms with E-state index < -0.39 is 35.1 Å². The zero-order chi connectivity index (χ0) is 25.4. The van der Waals surface area contributed by atoms with E-state index in [1.807, 2.05) is 0 Å². The Labute approximate surface area is 211 Å². The van der Waals surface area contributed by atoms with Gasteiger partial charge in [-0.15, -0.1) is 0 Å². The molecule has 1 heterocycles. The standard InChI is InChI=1S/C25H26N2O6S2/c1-16(22(29)27-14-8-13-19(27)23(30)31)26-21(28)20(35-25(33)18-11-6-3-7-12-18)15-34-24(32)17-9-4-2-5-10-17/h2-7,9-12,16,19-20H,8,13-15H2,1H3,(H,26,28)(H,30,31)/t16-,19-,20-/m0/s1. The average Bonchev–Trinajstić information content (AvgIpc) is 3.37. The molecule has 1 saturated heterocycles. The lowest BCUT2D eigenvalue weighted by molar-refractivity contribution is -0.149. The van der Waals surface area contributed by atoms with Crippen molar-refractivity contribution in [2.45, 2.75) is 37.1 Å². The van der Waals surface area contributed by atoms with E-state index in [0.29, 0.717) is 30.5 Å². The molecule has 0 unspecified atom stereocenters. The first kappa shape index (κ1) is 26.5. The molecule has 2 aromatic rings. The number of thioether (sulfide) groups is 2. The molecule has 184 valence electrons. The number of carboxylic acids is 1. The Morgan fingerprint density at radius 3 is 2.11 bits per heavy atom. The Kier molecular flexibility index (Phi) is 9.50. The molecule has 0 aromatic heterocycles. The quantitative estimate of drug-likeness (QED) is 0.524. The van der Waals surface area contributed by atoms with Gasteiger partial charge < -0.3 is 15.3 Å². The minimum Gasteiger partial charge on any atom is -0.480 e. The second-order valence-corrected chi connectivity index (χ2v) is 10.2. The van der Waals surface area contributed by atoms with Crippen LogP contribution in [-0.4, -0.2) is 67.7 Å². The lowest BCUT2D eigenvalue weighted by Gasteiger charge is -2.26. The number of benzene rings is 2. The van der Waals surface area contributed by atoms with Gasteiger partial charge in [0.2, 0.25) is 22.0 Å². The molecule has 1 aliphatic rings. The smallest absolute Gasteiger partial charge is 0.326 e. The first-order chi connectivity index (χ1) is 16.8. The summed E-state index contributed by atoms with van der Waals surface area (Å²) in [5.74, 6) is -2.12. The Balaban J connectivity index is 1.69. The van der Waals surface area contributed by atoms with Gasteiger partial charge >= 0.3 is 5.97 Å². The summed E-state index contributed by atoms with van der Waals surface area (Å²) in [4.78, 5) is 64.0. The first-order valence-electron chi connectivity index (χ1n) is 11.1. The number of carbonyl (C=O) groups is 5. The Hall–Kier alpha value is -3.11. The molecule has 3 atom stereocenters. The largest absolute Gasteiger partial charge is 0.480 e. The van der Waals surface area contributed by atoms with E-state index in [1.165, 1.54) is 11.8 Å². The number of carbonyl (C=O) groups excluding carboxylic acids is 4. The lowest BCUT2D eigenvalue weighted by atomic mass is 10.2. The van der Waals surface area contributed by atoms with Crippen molar-refractivity contribution in [3.63, 3.8) is 0 Å². The van der Waals surface area contributed by atoms with Gasteiger partial charge in [0.25, 0.3) is 0 Å². The average molecular weight is 515 g/mol. The third-order valence-electron chi connectivity index (χ3n) is 5.48. The Morgan fingerprint density at radius 1 is 0.971 bits per heavy atom. The molecule has 8 nitrogen and oxygen atoms in total. The molecule has 2 amide bonds. The summed E-state index contributed by atoms with van der Waals surface area (Å²) in [5, 5.41) is 10.5.